The highest BCUT2D eigenvalue weighted by atomic mass is 16.5. The van der Waals surface area contributed by atoms with Crippen LogP contribution in [0.4, 0.5) is 0 Å². The lowest BCUT2D eigenvalue weighted by molar-refractivity contribution is 0.425. The molecule has 0 amide bonds. The van der Waals surface area contributed by atoms with Crippen molar-refractivity contribution >= 4 is 0 Å². The Bertz CT molecular complexity index is 6300. The van der Waals surface area contributed by atoms with Crippen molar-refractivity contribution in [3.8, 4) is 95.5 Å². The summed E-state index contributed by atoms with van der Waals surface area (Å²) in [5, 5.41) is 23.7. The van der Waals surface area contributed by atoms with Gasteiger partial charge in [0, 0.05) is 55.3 Å². The number of hydrogen-bond donors (Lipinski definition) is 0. The summed E-state index contributed by atoms with van der Waals surface area (Å²) in [7, 11) is 5.92. The third-order valence-corrected chi connectivity index (χ3v) is 24.0. The first-order valence-corrected chi connectivity index (χ1v) is 48.2. The van der Waals surface area contributed by atoms with Gasteiger partial charge >= 0.3 is 0 Å². The molecule has 18 rings (SSSR count). The lowest BCUT2D eigenvalue weighted by atomic mass is 9.97. The normalized spacial score (nSPS) is 10.9. The highest BCUT2D eigenvalue weighted by Gasteiger charge is 2.14. The maximum absolute atomic E-state index is 5.09. The van der Waals surface area contributed by atoms with Crippen LogP contribution in [0.15, 0.2) is 350 Å². The number of aromatic nitrogens is 13. The smallest absolute Gasteiger partial charge is 0.257 e. The number of rotatable bonds is 18. The number of hydrogen-bond acceptors (Lipinski definition) is 11. The molecule has 137 heavy (non-hydrogen) atoms. The van der Waals surface area contributed by atoms with Gasteiger partial charge in [0.25, 0.3) is 11.8 Å². The molecule has 0 saturated heterocycles. The van der Waals surface area contributed by atoms with Gasteiger partial charge in [-0.3, -0.25) is 9.36 Å². The minimum absolute atomic E-state index is 0.545. The van der Waals surface area contributed by atoms with Gasteiger partial charge in [-0.1, -0.05) is 407 Å². The van der Waals surface area contributed by atoms with Crippen LogP contribution in [0.2, 0.25) is 0 Å². The van der Waals surface area contributed by atoms with Crippen molar-refractivity contribution < 1.29 is 9.05 Å². The minimum Gasteiger partial charge on any atom is -0.334 e. The number of nitrogens with zero attached hydrogens (tertiary/aromatic N) is 13. The van der Waals surface area contributed by atoms with E-state index >= 15 is 0 Å². The van der Waals surface area contributed by atoms with Crippen LogP contribution in [-0.2, 0) is 21.1 Å². The van der Waals surface area contributed by atoms with Gasteiger partial charge in [0.1, 0.15) is 0 Å². The predicted molar refractivity (Wildman–Crippen MR) is 573 cm³/mol. The maximum Gasteiger partial charge on any atom is 0.257 e. The summed E-state index contributed by atoms with van der Waals surface area (Å²) in [6.45, 7) is 49.7. The fraction of sp³-hybridized carbons (Fsp3) is 0.287. The number of aryl methyl sites for hydroxylation is 7. The second-order valence-electron chi connectivity index (χ2n) is 37.7. The second kappa shape index (κ2) is 52.0. The van der Waals surface area contributed by atoms with Gasteiger partial charge in [0.05, 0.1) is 48.7 Å². The molecule has 708 valence electrons. The van der Waals surface area contributed by atoms with E-state index in [2.05, 4.69) is 458 Å². The molecular weight excluding hydrogens is 1680 g/mol. The Balaban J connectivity index is 0.000000159. The van der Waals surface area contributed by atoms with Gasteiger partial charge in [-0.05, 0) is 230 Å². The van der Waals surface area contributed by atoms with E-state index in [1.165, 1.54) is 128 Å². The Hall–Kier alpha value is -14.3. The van der Waals surface area contributed by atoms with Gasteiger partial charge in [-0.2, -0.15) is 20.2 Å². The second-order valence-corrected chi connectivity index (χ2v) is 37.7. The molecule has 0 aliphatic rings. The van der Waals surface area contributed by atoms with Crippen LogP contribution in [0.1, 0.15) is 256 Å². The molecule has 0 spiro atoms. The molecule has 6 heterocycles. The third-order valence-electron chi connectivity index (χ3n) is 24.0. The van der Waals surface area contributed by atoms with Gasteiger partial charge in [-0.25, -0.2) is 9.67 Å². The summed E-state index contributed by atoms with van der Waals surface area (Å²) in [5.41, 5.74) is 34.2. The summed E-state index contributed by atoms with van der Waals surface area (Å²) >= 11 is 0. The SMILES string of the molecule is CC(C)c1ccc(-c2ccccc2)cc1.CC(C)c1ccc(-c2cncn2C)cc1.CC(C)c1ccc(-c2cnn(C)c2)cc1.CC(C)c1ccc(-n2ccnn2)cc1.Cc1c(-c2ccc(C(C)C)cc2)cnn1C.Cc1cccc(-c2ccc(C(C)C)cc2)c1.Cc1ccccc1-c1ccc(C(C)C)cc1.Cc1noc(-c2ccc(C(C)C)cc2)n1.Cc1noc(-c2ccc(C(C)C)cc2)n1. The van der Waals surface area contributed by atoms with Crippen LogP contribution >= 0.6 is 0 Å². The topological polar surface area (TPSA) is 162 Å². The van der Waals surface area contributed by atoms with E-state index in [-0.39, 0.29) is 0 Å². The Morgan fingerprint density at radius 3 is 0.964 bits per heavy atom. The van der Waals surface area contributed by atoms with Crippen molar-refractivity contribution in [2.24, 2.45) is 21.1 Å². The fourth-order valence-corrected chi connectivity index (χ4v) is 14.9. The molecule has 0 bridgehead atoms. The zero-order chi connectivity index (χ0) is 98.8. The molecule has 0 unspecified atom stereocenters. The van der Waals surface area contributed by atoms with Crippen molar-refractivity contribution in [3.63, 3.8) is 0 Å². The minimum atomic E-state index is 0.545. The van der Waals surface area contributed by atoms with Crippen molar-refractivity contribution in [1.29, 1.82) is 0 Å². The van der Waals surface area contributed by atoms with Crippen LogP contribution in [0.25, 0.3) is 95.5 Å². The summed E-state index contributed by atoms with van der Waals surface area (Å²) in [6.07, 6.45) is 13.1. The molecule has 18 aromatic rings. The Morgan fingerprint density at radius 1 is 0.292 bits per heavy atom. The van der Waals surface area contributed by atoms with Gasteiger partial charge in [-0.15, -0.1) is 5.10 Å². The van der Waals surface area contributed by atoms with E-state index in [0.29, 0.717) is 76.7 Å². The maximum atomic E-state index is 5.09. The van der Waals surface area contributed by atoms with E-state index < -0.39 is 0 Å². The van der Waals surface area contributed by atoms with Crippen molar-refractivity contribution in [2.45, 2.75) is 213 Å². The number of benzene rings is 12. The molecule has 12 aromatic carbocycles. The fourth-order valence-electron chi connectivity index (χ4n) is 14.9. The Morgan fingerprint density at radius 2 is 0.635 bits per heavy atom. The van der Waals surface area contributed by atoms with Crippen LogP contribution in [0.5, 0.6) is 0 Å². The quantitative estimate of drug-likeness (QED) is 0.0804. The first-order chi connectivity index (χ1) is 65.7. The van der Waals surface area contributed by atoms with E-state index in [1.807, 2.05) is 117 Å². The van der Waals surface area contributed by atoms with Crippen LogP contribution in [0.3, 0.4) is 0 Å². The third kappa shape index (κ3) is 31.9. The number of imidazole rings is 1. The summed E-state index contributed by atoms with van der Waals surface area (Å²) < 4.78 is 17.7. The van der Waals surface area contributed by atoms with Gasteiger partial charge in [0.15, 0.2) is 11.6 Å². The summed E-state index contributed by atoms with van der Waals surface area (Å²) in [6, 6.07) is 105. The van der Waals surface area contributed by atoms with Crippen LogP contribution < -0.4 is 0 Å². The van der Waals surface area contributed by atoms with Crippen molar-refractivity contribution in [1.82, 2.24) is 64.4 Å². The van der Waals surface area contributed by atoms with Crippen LogP contribution in [-0.4, -0.2) is 64.4 Å². The highest BCUT2D eigenvalue weighted by molar-refractivity contribution is 5.70. The molecule has 0 fully saturated rings. The molecule has 0 atom stereocenters. The molecule has 15 heteroatoms. The highest BCUT2D eigenvalue weighted by Crippen LogP contribution is 2.32. The molecule has 0 aliphatic carbocycles. The molecule has 15 nitrogen and oxygen atoms in total. The predicted octanol–water partition coefficient (Wildman–Crippen LogP) is 32.7. The first-order valence-electron chi connectivity index (χ1n) is 48.2. The summed E-state index contributed by atoms with van der Waals surface area (Å²) in [5.74, 6) is 7.74. The largest absolute Gasteiger partial charge is 0.334 e. The zero-order valence-electron chi connectivity index (χ0n) is 85.7. The molecule has 0 radical (unpaired) electrons. The van der Waals surface area contributed by atoms with Crippen molar-refractivity contribution in [2.75, 3.05) is 0 Å². The average Bonchev–Trinajstić information content (AvgIpc) is 1.66. The van der Waals surface area contributed by atoms with Gasteiger partial charge < -0.3 is 13.6 Å². The average molecular weight is 1820 g/mol. The van der Waals surface area contributed by atoms with Gasteiger partial charge in [0.2, 0.25) is 0 Å². The lowest BCUT2D eigenvalue weighted by Crippen LogP contribution is -1.95. The molecule has 0 aliphatic heterocycles. The molecule has 6 aromatic heterocycles. The standard InChI is InChI=1S/2C16H18.C15H16.C14H18N2.2C13H16N2.2C12H14N2O.C11H13N3/c1-12(2)14-7-9-15(10-8-14)16-6-4-5-13(3)11-16;1-12(2)14-8-10-15(11-9-14)16-7-5-4-6-13(16)3;1-12(2)13-8-10-15(11-9-13)14-6-4-3-5-7-14;1-10(2)12-5-7-13(8-6-12)14-9-15-16(4)11(14)3;1-10(2)11-4-6-12(7-5-11)13-8-14-9-15(13)3;1-10(2)11-4-6-12(7-5-11)13-8-14-15(3)9-13;2*1-8(2)10-4-6-11(7-5-10)12-13-9(3)14-15-12;1-9(2)10-3-5-11(6-4-10)14-8-7-12-13-14/h2*4-12H,1-3H3;3-12H,1-2H3;5-10H,1-4H3;2*4-10H,1-3H3;2*4-8H,1-3H3;3-9H,1-2H3. The van der Waals surface area contributed by atoms with Crippen molar-refractivity contribution in [3.05, 3.63) is 419 Å². The van der Waals surface area contributed by atoms with Crippen LogP contribution in [0, 0.1) is 34.6 Å². The molecular formula is C122H143N13O2. The monoisotopic (exact) mass is 1820 g/mol. The molecule has 0 saturated carbocycles. The van der Waals surface area contributed by atoms with E-state index in [0.717, 1.165) is 22.5 Å². The molecule has 0 N–H and O–H groups in total. The summed E-state index contributed by atoms with van der Waals surface area (Å²) in [4.78, 5) is 12.5. The zero-order valence-corrected chi connectivity index (χ0v) is 85.7. The van der Waals surface area contributed by atoms with E-state index in [1.54, 1.807) is 10.9 Å². The lowest BCUT2D eigenvalue weighted by Gasteiger charge is -2.08. The van der Waals surface area contributed by atoms with E-state index in [9.17, 15) is 0 Å². The Kier molecular flexibility index (Phi) is 39.7. The first kappa shape index (κ1) is 105. The van der Waals surface area contributed by atoms with E-state index in [4.69, 9.17) is 9.05 Å². The Labute approximate surface area is 816 Å².